The topological polar surface area (TPSA) is 9.23 Å². The zero-order valence-corrected chi connectivity index (χ0v) is 10.7. The van der Waals surface area contributed by atoms with Crippen molar-refractivity contribution in [3.05, 3.63) is 29.6 Å². The van der Waals surface area contributed by atoms with E-state index in [1.165, 1.54) is 13.2 Å². The number of alkyl halides is 1. The van der Waals surface area contributed by atoms with Crippen LogP contribution in [0.5, 0.6) is 5.75 Å². The molecule has 0 aliphatic rings. The van der Waals surface area contributed by atoms with E-state index in [2.05, 4.69) is 13.8 Å². The third-order valence-corrected chi connectivity index (χ3v) is 3.52. The summed E-state index contributed by atoms with van der Waals surface area (Å²) in [4.78, 5) is 0. The maximum absolute atomic E-state index is 13.4. The highest BCUT2D eigenvalue weighted by Gasteiger charge is 2.14. The Labute approximate surface area is 102 Å². The lowest BCUT2D eigenvalue weighted by atomic mass is 9.96. The maximum Gasteiger partial charge on any atom is 0.165 e. The van der Waals surface area contributed by atoms with E-state index in [9.17, 15) is 4.39 Å². The van der Waals surface area contributed by atoms with Crippen LogP contribution in [-0.4, -0.2) is 12.5 Å². The van der Waals surface area contributed by atoms with Crippen LogP contribution in [0.1, 0.15) is 25.8 Å². The summed E-state index contributed by atoms with van der Waals surface area (Å²) >= 11 is 6.15. The summed E-state index contributed by atoms with van der Waals surface area (Å²) in [5, 5.41) is 0.144. The van der Waals surface area contributed by atoms with Gasteiger partial charge in [-0.2, -0.15) is 0 Å². The minimum absolute atomic E-state index is 0.144. The van der Waals surface area contributed by atoms with Crippen molar-refractivity contribution in [2.45, 2.75) is 32.1 Å². The Hall–Kier alpha value is -0.760. The van der Waals surface area contributed by atoms with E-state index >= 15 is 0 Å². The number of rotatable bonds is 5. The van der Waals surface area contributed by atoms with Gasteiger partial charge in [0.2, 0.25) is 0 Å². The Kier molecular flexibility index (Phi) is 5.07. The van der Waals surface area contributed by atoms with E-state index in [1.54, 1.807) is 6.07 Å². The largest absolute Gasteiger partial charge is 0.494 e. The van der Waals surface area contributed by atoms with Crippen molar-refractivity contribution in [2.75, 3.05) is 7.11 Å². The van der Waals surface area contributed by atoms with E-state index in [4.69, 9.17) is 16.3 Å². The zero-order valence-electron chi connectivity index (χ0n) is 9.97. The molecule has 0 saturated heterocycles. The molecule has 0 fully saturated rings. The predicted molar refractivity (Wildman–Crippen MR) is 65.8 cm³/mol. The van der Waals surface area contributed by atoms with Crippen LogP contribution < -0.4 is 4.74 Å². The van der Waals surface area contributed by atoms with Crippen molar-refractivity contribution >= 4 is 11.6 Å². The number of hydrogen-bond donors (Lipinski definition) is 0. The van der Waals surface area contributed by atoms with Crippen LogP contribution in [-0.2, 0) is 6.42 Å². The zero-order chi connectivity index (χ0) is 12.1. The van der Waals surface area contributed by atoms with Crippen molar-refractivity contribution < 1.29 is 9.13 Å². The van der Waals surface area contributed by atoms with Gasteiger partial charge in [-0.15, -0.1) is 11.6 Å². The third kappa shape index (κ3) is 3.38. The van der Waals surface area contributed by atoms with Crippen molar-refractivity contribution in [3.63, 3.8) is 0 Å². The van der Waals surface area contributed by atoms with Gasteiger partial charge in [-0.05, 0) is 36.5 Å². The summed E-state index contributed by atoms with van der Waals surface area (Å²) in [6.07, 6.45) is 1.73. The van der Waals surface area contributed by atoms with Gasteiger partial charge in [-0.25, -0.2) is 4.39 Å². The molecule has 1 nitrogen and oxygen atoms in total. The SMILES string of the molecule is CCC(Cl)C(C)Cc1ccc(OC)c(F)c1. The first-order valence-electron chi connectivity index (χ1n) is 5.55. The second kappa shape index (κ2) is 6.09. The molecule has 0 aliphatic carbocycles. The highest BCUT2D eigenvalue weighted by Crippen LogP contribution is 2.22. The van der Waals surface area contributed by atoms with Gasteiger partial charge < -0.3 is 4.74 Å². The van der Waals surface area contributed by atoms with E-state index in [1.807, 2.05) is 6.07 Å². The summed E-state index contributed by atoms with van der Waals surface area (Å²) in [6, 6.07) is 5.07. The van der Waals surface area contributed by atoms with Crippen LogP contribution in [0.15, 0.2) is 18.2 Å². The molecule has 3 heteroatoms. The van der Waals surface area contributed by atoms with Gasteiger partial charge in [0.15, 0.2) is 11.6 Å². The number of methoxy groups -OCH3 is 1. The number of hydrogen-bond acceptors (Lipinski definition) is 1. The second-order valence-electron chi connectivity index (χ2n) is 4.07. The quantitative estimate of drug-likeness (QED) is 0.711. The molecular formula is C13H18ClFO. The van der Waals surface area contributed by atoms with E-state index in [0.717, 1.165) is 18.4 Å². The van der Waals surface area contributed by atoms with Gasteiger partial charge in [-0.3, -0.25) is 0 Å². The van der Waals surface area contributed by atoms with Crippen molar-refractivity contribution in [2.24, 2.45) is 5.92 Å². The molecule has 1 rings (SSSR count). The molecule has 0 N–H and O–H groups in total. The van der Waals surface area contributed by atoms with Gasteiger partial charge >= 0.3 is 0 Å². The Morgan fingerprint density at radius 1 is 1.44 bits per heavy atom. The monoisotopic (exact) mass is 244 g/mol. The first-order chi connectivity index (χ1) is 7.58. The summed E-state index contributed by atoms with van der Waals surface area (Å²) in [5.41, 5.74) is 0.963. The molecule has 0 aromatic heterocycles. The van der Waals surface area contributed by atoms with Crippen molar-refractivity contribution in [1.82, 2.24) is 0 Å². The second-order valence-corrected chi connectivity index (χ2v) is 4.64. The van der Waals surface area contributed by atoms with E-state index in [-0.39, 0.29) is 16.9 Å². The fraction of sp³-hybridized carbons (Fsp3) is 0.538. The van der Waals surface area contributed by atoms with Gasteiger partial charge in [0.1, 0.15) is 0 Å². The molecule has 0 aliphatic heterocycles. The standard InChI is InChI=1S/C13H18ClFO/c1-4-11(14)9(2)7-10-5-6-13(16-3)12(15)8-10/h5-6,8-9,11H,4,7H2,1-3H3. The molecule has 90 valence electrons. The summed E-state index contributed by atoms with van der Waals surface area (Å²) in [6.45, 7) is 4.14. The lowest BCUT2D eigenvalue weighted by Gasteiger charge is -2.16. The molecule has 0 amide bonds. The smallest absolute Gasteiger partial charge is 0.165 e. The average Bonchev–Trinajstić information content (AvgIpc) is 2.28. The molecule has 16 heavy (non-hydrogen) atoms. The Morgan fingerprint density at radius 2 is 2.12 bits per heavy atom. The molecule has 1 aromatic rings. The lowest BCUT2D eigenvalue weighted by molar-refractivity contribution is 0.385. The maximum atomic E-state index is 13.4. The third-order valence-electron chi connectivity index (χ3n) is 2.78. The molecule has 0 heterocycles. The minimum Gasteiger partial charge on any atom is -0.494 e. The van der Waals surface area contributed by atoms with E-state index in [0.29, 0.717) is 5.92 Å². The molecule has 2 unspecified atom stereocenters. The highest BCUT2D eigenvalue weighted by atomic mass is 35.5. The minimum atomic E-state index is -0.310. The van der Waals surface area contributed by atoms with Gasteiger partial charge in [0.25, 0.3) is 0 Å². The molecule has 0 saturated carbocycles. The molecule has 1 aromatic carbocycles. The Balaban J connectivity index is 2.71. The summed E-state index contributed by atoms with van der Waals surface area (Å²) < 4.78 is 18.3. The van der Waals surface area contributed by atoms with Gasteiger partial charge in [0, 0.05) is 5.38 Å². The molecule has 0 bridgehead atoms. The van der Waals surface area contributed by atoms with Crippen LogP contribution >= 0.6 is 11.6 Å². The van der Waals surface area contributed by atoms with Gasteiger partial charge in [0.05, 0.1) is 7.11 Å². The number of halogens is 2. The Morgan fingerprint density at radius 3 is 2.62 bits per heavy atom. The highest BCUT2D eigenvalue weighted by molar-refractivity contribution is 6.20. The summed E-state index contributed by atoms with van der Waals surface area (Å²) in [7, 11) is 1.46. The van der Waals surface area contributed by atoms with Crippen LogP contribution in [0.2, 0.25) is 0 Å². The molecular weight excluding hydrogens is 227 g/mol. The first kappa shape index (κ1) is 13.3. The fourth-order valence-electron chi connectivity index (χ4n) is 1.74. The van der Waals surface area contributed by atoms with Crippen LogP contribution in [0.25, 0.3) is 0 Å². The van der Waals surface area contributed by atoms with Crippen molar-refractivity contribution in [3.8, 4) is 5.75 Å². The van der Waals surface area contributed by atoms with Crippen LogP contribution in [0.4, 0.5) is 4.39 Å². The molecule has 0 radical (unpaired) electrons. The van der Waals surface area contributed by atoms with Crippen molar-refractivity contribution in [1.29, 1.82) is 0 Å². The summed E-state index contributed by atoms with van der Waals surface area (Å²) in [5.74, 6) is 0.323. The Bertz CT molecular complexity index is 341. The number of ether oxygens (including phenoxy) is 1. The van der Waals surface area contributed by atoms with Crippen LogP contribution in [0, 0.1) is 11.7 Å². The normalized spacial score (nSPS) is 14.6. The van der Waals surface area contributed by atoms with Gasteiger partial charge in [-0.1, -0.05) is 19.9 Å². The molecule has 2 atom stereocenters. The fourth-order valence-corrected chi connectivity index (χ4v) is 1.83. The first-order valence-corrected chi connectivity index (χ1v) is 5.98. The predicted octanol–water partition coefficient (Wildman–Crippen LogP) is 4.03. The van der Waals surface area contributed by atoms with E-state index < -0.39 is 0 Å². The lowest BCUT2D eigenvalue weighted by Crippen LogP contribution is -2.13. The average molecular weight is 245 g/mol. The molecule has 0 spiro atoms. The number of benzene rings is 1. The van der Waals surface area contributed by atoms with Crippen LogP contribution in [0.3, 0.4) is 0 Å².